The number of rotatable bonds is 3. The van der Waals surface area contributed by atoms with E-state index >= 15 is 0 Å². The van der Waals surface area contributed by atoms with Crippen molar-refractivity contribution in [3.63, 3.8) is 0 Å². The van der Waals surface area contributed by atoms with Crippen molar-refractivity contribution in [3.05, 3.63) is 24.3 Å². The van der Waals surface area contributed by atoms with Gasteiger partial charge in [0.25, 0.3) is 0 Å². The molecule has 0 unspecified atom stereocenters. The Labute approximate surface area is 110 Å². The number of aliphatic hydroxyl groups excluding tert-OH is 1. The molecule has 2 aromatic rings. The van der Waals surface area contributed by atoms with E-state index in [2.05, 4.69) is 20.5 Å². The van der Waals surface area contributed by atoms with Crippen molar-refractivity contribution in [1.29, 1.82) is 0 Å². The van der Waals surface area contributed by atoms with Gasteiger partial charge in [-0.15, -0.1) is 10.2 Å². The van der Waals surface area contributed by atoms with Gasteiger partial charge in [0.1, 0.15) is 5.52 Å². The van der Waals surface area contributed by atoms with E-state index in [-0.39, 0.29) is 6.61 Å². The third-order valence-corrected chi connectivity index (χ3v) is 3.49. The second-order valence-corrected chi connectivity index (χ2v) is 4.80. The first-order chi connectivity index (χ1) is 9.31. The van der Waals surface area contributed by atoms with Crippen molar-refractivity contribution in [2.45, 2.75) is 18.4 Å². The molecule has 0 aliphatic carbocycles. The van der Waals surface area contributed by atoms with E-state index in [1.807, 2.05) is 24.3 Å². The molecule has 3 rings (SSSR count). The van der Waals surface area contributed by atoms with E-state index in [9.17, 15) is 5.11 Å². The molecule has 0 atom stereocenters. The normalized spacial score (nSPS) is 18.4. The summed E-state index contributed by atoms with van der Waals surface area (Å²) in [6.07, 6.45) is 1.47. The van der Waals surface area contributed by atoms with Crippen molar-refractivity contribution in [1.82, 2.24) is 15.2 Å². The first kappa shape index (κ1) is 12.3. The van der Waals surface area contributed by atoms with Crippen molar-refractivity contribution >= 4 is 17.0 Å². The number of para-hydroxylation sites is 1. The molecule has 0 saturated carbocycles. The van der Waals surface area contributed by atoms with Crippen LogP contribution in [0.2, 0.25) is 0 Å². The Morgan fingerprint density at radius 3 is 2.63 bits per heavy atom. The highest BCUT2D eigenvalue weighted by Crippen LogP contribution is 2.24. The smallest absolute Gasteiger partial charge is 0.243 e. The van der Waals surface area contributed by atoms with Gasteiger partial charge in [-0.1, -0.05) is 12.1 Å². The van der Waals surface area contributed by atoms with E-state index in [1.54, 1.807) is 0 Å². The fourth-order valence-electron chi connectivity index (χ4n) is 2.26. The minimum absolute atomic E-state index is 0.0343. The number of hydrogen-bond acceptors (Lipinski definition) is 6. The number of benzene rings is 1. The molecule has 2 N–H and O–H groups in total. The third kappa shape index (κ3) is 2.50. The third-order valence-electron chi connectivity index (χ3n) is 3.49. The van der Waals surface area contributed by atoms with E-state index in [1.165, 1.54) is 0 Å². The van der Waals surface area contributed by atoms with Gasteiger partial charge in [0.2, 0.25) is 5.95 Å². The van der Waals surface area contributed by atoms with Gasteiger partial charge < -0.3 is 15.2 Å². The first-order valence-electron chi connectivity index (χ1n) is 6.38. The minimum Gasteiger partial charge on any atom is -0.394 e. The van der Waals surface area contributed by atoms with Crippen molar-refractivity contribution < 1.29 is 9.84 Å². The summed E-state index contributed by atoms with van der Waals surface area (Å²) < 4.78 is 5.33. The summed E-state index contributed by atoms with van der Waals surface area (Å²) in [4.78, 5) is 4.43. The molecule has 2 heterocycles. The predicted octanol–water partition coefficient (Wildman–Crippen LogP) is 0.978. The van der Waals surface area contributed by atoms with Crippen molar-refractivity contribution in [3.8, 4) is 0 Å². The molecule has 0 amide bonds. The lowest BCUT2D eigenvalue weighted by molar-refractivity contribution is 0.0376. The van der Waals surface area contributed by atoms with Crippen LogP contribution < -0.4 is 5.32 Å². The minimum atomic E-state index is -0.400. The summed E-state index contributed by atoms with van der Waals surface area (Å²) in [6.45, 7) is 1.30. The SMILES string of the molecule is OCC1(Nc2nnc3ccccc3n2)CCOCC1. The number of anilines is 1. The Morgan fingerprint density at radius 2 is 1.89 bits per heavy atom. The molecule has 1 saturated heterocycles. The topological polar surface area (TPSA) is 80.2 Å². The van der Waals surface area contributed by atoms with E-state index < -0.39 is 5.54 Å². The largest absolute Gasteiger partial charge is 0.394 e. The van der Waals surface area contributed by atoms with Gasteiger partial charge in [0.15, 0.2) is 0 Å². The molecular formula is C13H16N4O2. The molecular weight excluding hydrogens is 244 g/mol. The maximum Gasteiger partial charge on any atom is 0.243 e. The molecule has 1 aromatic heterocycles. The molecule has 6 heteroatoms. The standard InChI is InChI=1S/C13H16N4O2/c18-9-13(5-7-19-8-6-13)15-12-14-10-3-1-2-4-11(10)16-17-12/h1-4,18H,5-9H2,(H,14,15,17). The van der Waals surface area contributed by atoms with Crippen LogP contribution in [-0.2, 0) is 4.74 Å². The van der Waals surface area contributed by atoms with E-state index in [0.29, 0.717) is 19.2 Å². The summed E-state index contributed by atoms with van der Waals surface area (Å²) in [6, 6.07) is 7.58. The van der Waals surface area contributed by atoms with Gasteiger partial charge in [-0.3, -0.25) is 0 Å². The zero-order valence-corrected chi connectivity index (χ0v) is 10.5. The number of hydrogen-bond donors (Lipinski definition) is 2. The Morgan fingerprint density at radius 1 is 1.16 bits per heavy atom. The van der Waals surface area contributed by atoms with Crippen molar-refractivity contribution in [2.24, 2.45) is 0 Å². The Balaban J connectivity index is 1.87. The number of aliphatic hydroxyl groups is 1. The van der Waals surface area contributed by atoms with Crippen LogP contribution in [0, 0.1) is 0 Å². The Kier molecular flexibility index (Phi) is 3.27. The summed E-state index contributed by atoms with van der Waals surface area (Å²) in [5.41, 5.74) is 1.15. The summed E-state index contributed by atoms with van der Waals surface area (Å²) in [5.74, 6) is 0.453. The monoisotopic (exact) mass is 260 g/mol. The second kappa shape index (κ2) is 5.07. The number of fused-ring (bicyclic) bond motifs is 1. The molecule has 1 aliphatic heterocycles. The Bertz CT molecular complexity index is 569. The summed E-state index contributed by atoms with van der Waals surface area (Å²) >= 11 is 0. The van der Waals surface area contributed by atoms with Crippen LogP contribution in [-0.4, -0.2) is 45.6 Å². The molecule has 6 nitrogen and oxygen atoms in total. The fraction of sp³-hybridized carbons (Fsp3) is 0.462. The van der Waals surface area contributed by atoms with Crippen LogP contribution in [0.4, 0.5) is 5.95 Å². The van der Waals surface area contributed by atoms with Gasteiger partial charge >= 0.3 is 0 Å². The quantitative estimate of drug-likeness (QED) is 0.856. The fourth-order valence-corrected chi connectivity index (χ4v) is 2.26. The van der Waals surface area contributed by atoms with Crippen LogP contribution in [0.1, 0.15) is 12.8 Å². The number of nitrogens with one attached hydrogen (secondary N) is 1. The highest BCUT2D eigenvalue weighted by Gasteiger charge is 2.32. The zero-order chi connectivity index (χ0) is 13.1. The van der Waals surface area contributed by atoms with Gasteiger partial charge in [-0.05, 0) is 25.0 Å². The van der Waals surface area contributed by atoms with Gasteiger partial charge in [0.05, 0.1) is 17.7 Å². The molecule has 0 radical (unpaired) electrons. The molecule has 19 heavy (non-hydrogen) atoms. The lowest BCUT2D eigenvalue weighted by Gasteiger charge is -2.36. The maximum absolute atomic E-state index is 9.62. The predicted molar refractivity (Wildman–Crippen MR) is 70.8 cm³/mol. The van der Waals surface area contributed by atoms with Crippen molar-refractivity contribution in [2.75, 3.05) is 25.1 Å². The molecule has 1 aromatic carbocycles. The van der Waals surface area contributed by atoms with Gasteiger partial charge in [0, 0.05) is 13.2 Å². The number of nitrogens with zero attached hydrogens (tertiary/aromatic N) is 3. The van der Waals surface area contributed by atoms with Gasteiger partial charge in [-0.2, -0.15) is 0 Å². The number of aromatic nitrogens is 3. The summed E-state index contributed by atoms with van der Waals surface area (Å²) in [7, 11) is 0. The molecule has 100 valence electrons. The second-order valence-electron chi connectivity index (χ2n) is 4.80. The molecule has 0 bridgehead atoms. The molecule has 1 fully saturated rings. The summed E-state index contributed by atoms with van der Waals surface area (Å²) in [5, 5.41) is 21.0. The average Bonchev–Trinajstić information content (AvgIpc) is 2.48. The molecule has 0 spiro atoms. The van der Waals surface area contributed by atoms with Crippen LogP contribution in [0.5, 0.6) is 0 Å². The first-order valence-corrected chi connectivity index (χ1v) is 6.38. The highest BCUT2D eigenvalue weighted by atomic mass is 16.5. The molecule has 1 aliphatic rings. The number of ether oxygens (including phenoxy) is 1. The van der Waals surface area contributed by atoms with E-state index in [4.69, 9.17) is 4.74 Å². The highest BCUT2D eigenvalue weighted by molar-refractivity contribution is 5.74. The van der Waals surface area contributed by atoms with Gasteiger partial charge in [-0.25, -0.2) is 4.98 Å². The van der Waals surface area contributed by atoms with Crippen LogP contribution in [0.3, 0.4) is 0 Å². The lowest BCUT2D eigenvalue weighted by Crippen LogP contribution is -2.47. The Hall–Kier alpha value is -1.79. The zero-order valence-electron chi connectivity index (χ0n) is 10.5. The average molecular weight is 260 g/mol. The van der Waals surface area contributed by atoms with Crippen LogP contribution in [0.25, 0.3) is 11.0 Å². The van der Waals surface area contributed by atoms with Crippen LogP contribution >= 0.6 is 0 Å². The maximum atomic E-state index is 9.62. The van der Waals surface area contributed by atoms with E-state index in [0.717, 1.165) is 23.9 Å². The lowest BCUT2D eigenvalue weighted by atomic mass is 9.91. The van der Waals surface area contributed by atoms with Crippen LogP contribution in [0.15, 0.2) is 24.3 Å².